The summed E-state index contributed by atoms with van der Waals surface area (Å²) >= 11 is 0. The largest absolute Gasteiger partial charge is 0.381 e. The average molecular weight is 491 g/mol. The van der Waals surface area contributed by atoms with Crippen LogP contribution in [0, 0.1) is 24.6 Å². The zero-order valence-corrected chi connectivity index (χ0v) is 21.3. The van der Waals surface area contributed by atoms with Crippen LogP contribution in [-0.4, -0.2) is 71.2 Å². The number of hydrogen-bond acceptors (Lipinski definition) is 4. The van der Waals surface area contributed by atoms with Crippen LogP contribution >= 0.6 is 0 Å². The van der Waals surface area contributed by atoms with Crippen LogP contribution < -0.4 is 0 Å². The summed E-state index contributed by atoms with van der Waals surface area (Å²) in [6.45, 7) is 7.33. The van der Waals surface area contributed by atoms with E-state index in [1.807, 2.05) is 19.4 Å². The minimum atomic E-state index is -0.392. The second-order valence-electron chi connectivity index (χ2n) is 11.0. The molecule has 4 heterocycles. The maximum Gasteiger partial charge on any atom is 0.256 e. The van der Waals surface area contributed by atoms with Crippen LogP contribution in [0.25, 0.3) is 16.6 Å². The number of fused-ring (bicyclic) bond motifs is 1. The predicted molar refractivity (Wildman–Crippen MR) is 138 cm³/mol. The molecule has 0 unspecified atom stereocenters. The Balaban J connectivity index is 1.28. The van der Waals surface area contributed by atoms with Crippen LogP contribution in [-0.2, 0) is 11.2 Å². The van der Waals surface area contributed by atoms with Crippen molar-refractivity contribution in [1.82, 2.24) is 19.4 Å². The first-order chi connectivity index (χ1) is 17.5. The molecule has 2 aromatic heterocycles. The van der Waals surface area contributed by atoms with Gasteiger partial charge in [0.1, 0.15) is 5.82 Å². The van der Waals surface area contributed by atoms with E-state index in [-0.39, 0.29) is 11.9 Å². The van der Waals surface area contributed by atoms with Crippen molar-refractivity contribution in [3.8, 4) is 5.69 Å². The smallest absolute Gasteiger partial charge is 0.256 e. The summed E-state index contributed by atoms with van der Waals surface area (Å²) in [5, 5.41) is 1.20. The molecule has 6 rings (SSSR count). The highest BCUT2D eigenvalue weighted by Crippen LogP contribution is 2.34. The van der Waals surface area contributed by atoms with E-state index in [1.54, 1.807) is 11.0 Å². The number of amides is 1. The fraction of sp³-hybridized carbons (Fsp3) is 0.517. The highest BCUT2D eigenvalue weighted by atomic mass is 19.1. The molecule has 0 spiro atoms. The molecule has 6 nitrogen and oxygen atoms in total. The molecule has 3 fully saturated rings. The van der Waals surface area contributed by atoms with Gasteiger partial charge < -0.3 is 19.1 Å². The van der Waals surface area contributed by atoms with Crippen molar-refractivity contribution in [3.63, 3.8) is 0 Å². The summed E-state index contributed by atoms with van der Waals surface area (Å²) in [5.41, 5.74) is 4.50. The summed E-state index contributed by atoms with van der Waals surface area (Å²) < 4.78 is 21.9. The lowest BCUT2D eigenvalue weighted by Gasteiger charge is -2.42. The van der Waals surface area contributed by atoms with Crippen molar-refractivity contribution >= 4 is 16.8 Å². The number of carbonyl (C=O) groups is 1. The van der Waals surface area contributed by atoms with Crippen LogP contribution in [0.15, 0.2) is 36.8 Å². The third-order valence-corrected chi connectivity index (χ3v) is 8.24. The van der Waals surface area contributed by atoms with Crippen molar-refractivity contribution in [3.05, 3.63) is 59.3 Å². The van der Waals surface area contributed by atoms with E-state index < -0.39 is 5.82 Å². The molecule has 1 aliphatic carbocycles. The topological polar surface area (TPSA) is 50.6 Å². The maximum atomic E-state index is 14.3. The molecular formula is C29H35FN4O2. The Labute approximate surface area is 212 Å². The summed E-state index contributed by atoms with van der Waals surface area (Å²) in [6, 6.07) is 4.81. The fourth-order valence-corrected chi connectivity index (χ4v) is 6.06. The number of aryl methyl sites for hydroxylation is 1. The third kappa shape index (κ3) is 4.55. The Morgan fingerprint density at radius 2 is 1.92 bits per heavy atom. The average Bonchev–Trinajstić information content (AvgIpc) is 3.64. The zero-order chi connectivity index (χ0) is 24.8. The number of ether oxygens (including phenoxy) is 1. The Bertz CT molecular complexity index is 1270. The van der Waals surface area contributed by atoms with E-state index in [1.165, 1.54) is 42.5 Å². The van der Waals surface area contributed by atoms with Crippen molar-refractivity contribution in [1.29, 1.82) is 0 Å². The number of benzene rings is 1. The Kier molecular flexibility index (Phi) is 6.30. The molecule has 36 heavy (non-hydrogen) atoms. The number of aromatic nitrogens is 2. The van der Waals surface area contributed by atoms with E-state index in [2.05, 4.69) is 27.6 Å². The third-order valence-electron chi connectivity index (χ3n) is 8.24. The number of halogens is 1. The second kappa shape index (κ2) is 9.60. The van der Waals surface area contributed by atoms with Gasteiger partial charge in [-0.05, 0) is 80.2 Å². The van der Waals surface area contributed by atoms with Crippen LogP contribution in [0.4, 0.5) is 4.39 Å². The van der Waals surface area contributed by atoms with Gasteiger partial charge in [0, 0.05) is 63.7 Å². The Morgan fingerprint density at radius 3 is 2.67 bits per heavy atom. The van der Waals surface area contributed by atoms with Gasteiger partial charge in [-0.25, -0.2) is 4.39 Å². The fourth-order valence-electron chi connectivity index (χ4n) is 6.06. The minimum Gasteiger partial charge on any atom is -0.381 e. The normalized spacial score (nSPS) is 19.5. The first-order valence-corrected chi connectivity index (χ1v) is 13.3. The van der Waals surface area contributed by atoms with E-state index >= 15 is 0 Å². The number of rotatable bonds is 7. The number of likely N-dealkylation sites (tertiary alicyclic amines) is 1. The van der Waals surface area contributed by atoms with Crippen LogP contribution in [0.1, 0.15) is 47.2 Å². The summed E-state index contributed by atoms with van der Waals surface area (Å²) in [7, 11) is 1.82. The van der Waals surface area contributed by atoms with Gasteiger partial charge >= 0.3 is 0 Å². The second-order valence-corrected chi connectivity index (χ2v) is 11.0. The van der Waals surface area contributed by atoms with Gasteiger partial charge in [-0.1, -0.05) is 0 Å². The molecule has 7 heteroatoms. The summed E-state index contributed by atoms with van der Waals surface area (Å²) in [4.78, 5) is 22.1. The van der Waals surface area contributed by atoms with Gasteiger partial charge in [0.25, 0.3) is 5.91 Å². The molecule has 1 amide bonds. The van der Waals surface area contributed by atoms with Crippen LogP contribution in [0.3, 0.4) is 0 Å². The molecule has 2 saturated heterocycles. The lowest BCUT2D eigenvalue weighted by molar-refractivity contribution is 0.0254. The van der Waals surface area contributed by atoms with E-state index in [0.29, 0.717) is 17.2 Å². The zero-order valence-electron chi connectivity index (χ0n) is 21.3. The monoisotopic (exact) mass is 490 g/mol. The van der Waals surface area contributed by atoms with Crippen molar-refractivity contribution in [2.45, 2.75) is 45.1 Å². The molecule has 1 aromatic carbocycles. The lowest BCUT2D eigenvalue weighted by atomic mass is 9.89. The van der Waals surface area contributed by atoms with E-state index in [4.69, 9.17) is 4.74 Å². The molecule has 3 aliphatic rings. The minimum absolute atomic E-state index is 0.126. The number of nitrogens with zero attached hydrogens (tertiary/aromatic N) is 4. The SMILES string of the molecule is Cc1cncc2c1c(CC1CN(CC3CCOCC3)C1)cn2-c1ccc(F)cc1C(=O)N(C)C1CC1. The van der Waals surface area contributed by atoms with E-state index in [0.717, 1.165) is 62.6 Å². The molecule has 0 bridgehead atoms. The molecule has 0 atom stereocenters. The molecule has 0 radical (unpaired) electrons. The molecule has 0 N–H and O–H groups in total. The first-order valence-electron chi connectivity index (χ1n) is 13.3. The Morgan fingerprint density at radius 1 is 1.14 bits per heavy atom. The van der Waals surface area contributed by atoms with Gasteiger partial charge in [-0.2, -0.15) is 0 Å². The number of pyridine rings is 1. The van der Waals surface area contributed by atoms with Crippen molar-refractivity contribution in [2.24, 2.45) is 11.8 Å². The first kappa shape index (κ1) is 23.6. The molecule has 1 saturated carbocycles. The van der Waals surface area contributed by atoms with Gasteiger partial charge in [0.2, 0.25) is 0 Å². The van der Waals surface area contributed by atoms with Crippen LogP contribution in [0.2, 0.25) is 0 Å². The molecule has 190 valence electrons. The van der Waals surface area contributed by atoms with Gasteiger partial charge in [-0.15, -0.1) is 0 Å². The molecule has 2 aliphatic heterocycles. The standard InChI is InChI=1S/C29H35FN4O2/c1-19-13-31-14-27-28(19)22(11-21-16-33(17-21)15-20-7-9-36-10-8-20)18-34(27)26-6-3-23(30)12-25(26)29(35)32(2)24-4-5-24/h3,6,12-14,18,20-21,24H,4-5,7-11,15-17H2,1-2H3. The quantitative estimate of drug-likeness (QED) is 0.486. The lowest BCUT2D eigenvalue weighted by Crippen LogP contribution is -2.49. The highest BCUT2D eigenvalue weighted by Gasteiger charge is 2.33. The van der Waals surface area contributed by atoms with Gasteiger partial charge in [0.15, 0.2) is 0 Å². The van der Waals surface area contributed by atoms with Gasteiger partial charge in [-0.3, -0.25) is 9.78 Å². The molecular weight excluding hydrogens is 455 g/mol. The summed E-state index contributed by atoms with van der Waals surface area (Å²) in [5.74, 6) is 0.861. The number of hydrogen-bond donors (Lipinski definition) is 0. The predicted octanol–water partition coefficient (Wildman–Crippen LogP) is 4.61. The van der Waals surface area contributed by atoms with Gasteiger partial charge in [0.05, 0.1) is 23.0 Å². The molecule has 3 aromatic rings. The number of carbonyl (C=O) groups excluding carboxylic acids is 1. The van der Waals surface area contributed by atoms with Crippen LogP contribution in [0.5, 0.6) is 0 Å². The van der Waals surface area contributed by atoms with Crippen molar-refractivity contribution in [2.75, 3.05) is 39.9 Å². The van der Waals surface area contributed by atoms with E-state index in [9.17, 15) is 9.18 Å². The van der Waals surface area contributed by atoms with Crippen molar-refractivity contribution < 1.29 is 13.9 Å². The summed E-state index contributed by atoms with van der Waals surface area (Å²) in [6.07, 6.45) is 11.3. The Hall–Kier alpha value is -2.77. The maximum absolute atomic E-state index is 14.3. The highest BCUT2D eigenvalue weighted by molar-refractivity contribution is 5.99.